The van der Waals surface area contributed by atoms with E-state index in [1.165, 1.54) is 173 Å². The molecule has 6 unspecified atom stereocenters. The summed E-state index contributed by atoms with van der Waals surface area (Å²) in [4.78, 5) is 36.9. The molecular formula is C50H94O11. The van der Waals surface area contributed by atoms with Crippen molar-refractivity contribution in [1.29, 1.82) is 0 Å². The molecule has 11 nitrogen and oxygen atoms in total. The van der Waals surface area contributed by atoms with Crippen molar-refractivity contribution in [2.24, 2.45) is 0 Å². The van der Waals surface area contributed by atoms with Crippen LogP contribution in [0.5, 0.6) is 0 Å². The van der Waals surface area contributed by atoms with Crippen molar-refractivity contribution in [2.75, 3.05) is 13.2 Å². The Balaban J connectivity index is 2.23. The Bertz CT molecular complexity index is 1030. The molecule has 1 fully saturated rings. The van der Waals surface area contributed by atoms with Crippen LogP contribution in [0.25, 0.3) is 0 Å². The maximum absolute atomic E-state index is 12.8. The van der Waals surface area contributed by atoms with E-state index in [1.807, 2.05) is 0 Å². The van der Waals surface area contributed by atoms with Crippen LogP contribution in [-0.2, 0) is 33.3 Å². The van der Waals surface area contributed by atoms with Crippen molar-refractivity contribution in [3.63, 3.8) is 0 Å². The lowest BCUT2D eigenvalue weighted by atomic mass is 9.99. The predicted molar refractivity (Wildman–Crippen MR) is 243 cm³/mol. The largest absolute Gasteiger partial charge is 0.479 e. The highest BCUT2D eigenvalue weighted by Gasteiger charge is 2.47. The minimum Gasteiger partial charge on any atom is -0.479 e. The first-order chi connectivity index (χ1) is 29.7. The lowest BCUT2D eigenvalue weighted by Crippen LogP contribution is -2.60. The number of carbonyl (C=O) groups is 3. The summed E-state index contributed by atoms with van der Waals surface area (Å²) in [6.07, 6.45) is 34.5. The van der Waals surface area contributed by atoms with Gasteiger partial charge in [-0.25, -0.2) is 4.79 Å². The Hall–Kier alpha value is -1.79. The molecule has 1 rings (SSSR count). The number of carbonyl (C=O) groups excluding carboxylic acids is 2. The maximum Gasteiger partial charge on any atom is 0.335 e. The number of aliphatic hydroxyl groups excluding tert-OH is 3. The highest BCUT2D eigenvalue weighted by Crippen LogP contribution is 2.23. The van der Waals surface area contributed by atoms with Crippen LogP contribution in [-0.4, -0.2) is 88.4 Å². The minimum absolute atomic E-state index is 0.190. The summed E-state index contributed by atoms with van der Waals surface area (Å²) in [7, 11) is 0. The second kappa shape index (κ2) is 40.9. The molecule has 0 aromatic rings. The van der Waals surface area contributed by atoms with E-state index in [0.29, 0.717) is 12.8 Å². The first kappa shape index (κ1) is 57.2. The number of aliphatic carboxylic acids is 1. The molecule has 0 amide bonds. The van der Waals surface area contributed by atoms with Gasteiger partial charge in [0, 0.05) is 12.8 Å². The molecule has 1 aliphatic rings. The minimum atomic E-state index is -1.86. The number of aliphatic hydroxyl groups is 3. The number of ether oxygens (including phenoxy) is 4. The fourth-order valence-electron chi connectivity index (χ4n) is 8.18. The number of hydrogen-bond acceptors (Lipinski definition) is 10. The highest BCUT2D eigenvalue weighted by molar-refractivity contribution is 5.73. The summed E-state index contributed by atoms with van der Waals surface area (Å²) in [6, 6.07) is 0. The summed E-state index contributed by atoms with van der Waals surface area (Å²) in [5, 5.41) is 39.9. The van der Waals surface area contributed by atoms with Crippen molar-refractivity contribution in [3.05, 3.63) is 0 Å². The van der Waals surface area contributed by atoms with Gasteiger partial charge < -0.3 is 39.4 Å². The Labute approximate surface area is 372 Å². The lowest BCUT2D eigenvalue weighted by Gasteiger charge is -2.38. The zero-order valence-electron chi connectivity index (χ0n) is 39.2. The fourth-order valence-corrected chi connectivity index (χ4v) is 8.18. The van der Waals surface area contributed by atoms with E-state index in [0.717, 1.165) is 38.5 Å². The Kier molecular flexibility index (Phi) is 38.4. The topological polar surface area (TPSA) is 169 Å². The smallest absolute Gasteiger partial charge is 0.335 e. The van der Waals surface area contributed by atoms with Crippen LogP contribution in [0.3, 0.4) is 0 Å². The van der Waals surface area contributed by atoms with Crippen LogP contribution < -0.4 is 0 Å². The molecule has 0 bridgehead atoms. The number of carboxylic acids is 1. The average molecular weight is 871 g/mol. The van der Waals surface area contributed by atoms with Crippen molar-refractivity contribution in [2.45, 2.75) is 288 Å². The zero-order valence-corrected chi connectivity index (χ0v) is 39.2. The quantitative estimate of drug-likeness (QED) is 0.0339. The summed E-state index contributed by atoms with van der Waals surface area (Å²) in [5.74, 6) is -2.42. The van der Waals surface area contributed by atoms with Gasteiger partial charge in [-0.2, -0.15) is 0 Å². The third-order valence-corrected chi connectivity index (χ3v) is 12.2. The van der Waals surface area contributed by atoms with Crippen molar-refractivity contribution in [1.82, 2.24) is 0 Å². The third-order valence-electron chi connectivity index (χ3n) is 12.2. The van der Waals surface area contributed by atoms with Gasteiger partial charge in [0.25, 0.3) is 0 Å². The van der Waals surface area contributed by atoms with E-state index in [-0.39, 0.29) is 26.1 Å². The average Bonchev–Trinajstić information content (AvgIpc) is 3.24. The second-order valence-corrected chi connectivity index (χ2v) is 18.0. The zero-order chi connectivity index (χ0) is 44.6. The normalized spacial score (nSPS) is 19.5. The molecule has 6 atom stereocenters. The van der Waals surface area contributed by atoms with Crippen LogP contribution in [0.15, 0.2) is 0 Å². The van der Waals surface area contributed by atoms with E-state index in [1.54, 1.807) is 0 Å². The summed E-state index contributed by atoms with van der Waals surface area (Å²) >= 11 is 0. The van der Waals surface area contributed by atoms with Gasteiger partial charge in [-0.3, -0.25) is 9.59 Å². The fraction of sp³-hybridized carbons (Fsp3) is 0.940. The molecule has 11 heteroatoms. The molecule has 0 spiro atoms. The summed E-state index contributed by atoms with van der Waals surface area (Å²) in [6.45, 7) is 3.85. The van der Waals surface area contributed by atoms with E-state index < -0.39 is 54.7 Å². The molecule has 0 aliphatic carbocycles. The van der Waals surface area contributed by atoms with Crippen molar-refractivity contribution < 1.29 is 53.8 Å². The van der Waals surface area contributed by atoms with Crippen LogP contribution in [0, 0.1) is 0 Å². The number of rotatable bonds is 44. The molecule has 61 heavy (non-hydrogen) atoms. The molecule has 1 heterocycles. The van der Waals surface area contributed by atoms with Crippen LogP contribution in [0.4, 0.5) is 0 Å². The molecule has 0 saturated carbocycles. The van der Waals surface area contributed by atoms with Gasteiger partial charge in [-0.1, -0.05) is 226 Å². The second-order valence-electron chi connectivity index (χ2n) is 18.0. The Morgan fingerprint density at radius 2 is 0.770 bits per heavy atom. The molecule has 360 valence electrons. The third kappa shape index (κ3) is 32.5. The van der Waals surface area contributed by atoms with Crippen LogP contribution in [0.1, 0.15) is 251 Å². The van der Waals surface area contributed by atoms with E-state index in [9.17, 15) is 34.8 Å². The van der Waals surface area contributed by atoms with Gasteiger partial charge in [-0.15, -0.1) is 0 Å². The van der Waals surface area contributed by atoms with Gasteiger partial charge in [0.05, 0.1) is 6.61 Å². The first-order valence-corrected chi connectivity index (χ1v) is 25.6. The maximum atomic E-state index is 12.8. The summed E-state index contributed by atoms with van der Waals surface area (Å²) in [5.41, 5.74) is 0. The van der Waals surface area contributed by atoms with Gasteiger partial charge >= 0.3 is 17.9 Å². The Morgan fingerprint density at radius 3 is 1.11 bits per heavy atom. The first-order valence-electron chi connectivity index (χ1n) is 25.6. The molecule has 1 saturated heterocycles. The molecule has 1 aliphatic heterocycles. The van der Waals surface area contributed by atoms with Crippen LogP contribution in [0.2, 0.25) is 0 Å². The van der Waals surface area contributed by atoms with Gasteiger partial charge in [-0.05, 0) is 12.8 Å². The molecule has 0 aromatic carbocycles. The van der Waals surface area contributed by atoms with E-state index in [2.05, 4.69) is 13.8 Å². The van der Waals surface area contributed by atoms with Crippen molar-refractivity contribution >= 4 is 17.9 Å². The summed E-state index contributed by atoms with van der Waals surface area (Å²) < 4.78 is 21.8. The van der Waals surface area contributed by atoms with Crippen molar-refractivity contribution in [3.8, 4) is 0 Å². The number of hydrogen-bond donors (Lipinski definition) is 4. The van der Waals surface area contributed by atoms with Gasteiger partial charge in [0.1, 0.15) is 24.9 Å². The lowest BCUT2D eigenvalue weighted by molar-refractivity contribution is -0.298. The molecule has 4 N–H and O–H groups in total. The monoisotopic (exact) mass is 871 g/mol. The number of esters is 2. The van der Waals surface area contributed by atoms with Crippen LogP contribution >= 0.6 is 0 Å². The standard InChI is InChI=1S/C50H94O11/c1-3-5-7-9-11-13-15-17-18-19-20-21-22-23-24-25-26-27-29-30-32-34-36-38-43(51)58-40-42(41-59-50-47(55)45(53)46(54)48(61-50)49(56)57)60-44(52)39-37-35-33-31-28-16-14-12-10-8-6-4-2/h42,45-48,50,53-55H,3-41H2,1-2H3,(H,56,57). The van der Waals surface area contributed by atoms with Gasteiger partial charge in [0.15, 0.2) is 18.5 Å². The Morgan fingerprint density at radius 1 is 0.443 bits per heavy atom. The molecular weight excluding hydrogens is 777 g/mol. The highest BCUT2D eigenvalue weighted by atomic mass is 16.7. The molecule has 0 radical (unpaired) electrons. The number of unbranched alkanes of at least 4 members (excludes halogenated alkanes) is 33. The van der Waals surface area contributed by atoms with E-state index in [4.69, 9.17) is 18.9 Å². The van der Waals surface area contributed by atoms with E-state index >= 15 is 0 Å². The number of carboxylic acid groups (broad SMARTS) is 1. The van der Waals surface area contributed by atoms with Gasteiger partial charge in [0.2, 0.25) is 0 Å². The predicted octanol–water partition coefficient (Wildman–Crippen LogP) is 11.8. The molecule has 0 aromatic heterocycles. The SMILES string of the molecule is CCCCCCCCCCCCCCCCCCCCCCCCCC(=O)OCC(COC1OC(C(=O)O)C(O)C(O)C1O)OC(=O)CCCCCCCCCCCCCC.